The van der Waals surface area contributed by atoms with Gasteiger partial charge in [-0.2, -0.15) is 0 Å². The van der Waals surface area contributed by atoms with Crippen LogP contribution >= 0.6 is 0 Å². The van der Waals surface area contributed by atoms with Crippen molar-refractivity contribution < 1.29 is 48.8 Å². The van der Waals surface area contributed by atoms with Gasteiger partial charge < -0.3 is 35.5 Å². The maximum atomic E-state index is 11.8. The molecule has 0 atom stereocenters. The number of nitrogens with zero attached hydrogens (tertiary/aromatic N) is 8. The topological polar surface area (TPSA) is 106 Å². The SMILES string of the molecule is Cn1c(=O)c2c(n(C)c1=O)[n+](C)[c-]n2C.Cn1c(=O)c2c(n(C)c1=O)[n+](C)[c-]n2C.F[B-](F)(F)F.[Au+]. The predicted octanol–water partition coefficient (Wildman–Crippen LogP) is -2.30. The molecule has 4 aromatic rings. The van der Waals surface area contributed by atoms with E-state index in [9.17, 15) is 36.4 Å². The molecule has 0 saturated heterocycles. The van der Waals surface area contributed by atoms with Gasteiger partial charge in [-0.3, -0.25) is 27.9 Å². The number of fused-ring (bicyclic) bond motifs is 2. The van der Waals surface area contributed by atoms with E-state index >= 15 is 0 Å². The van der Waals surface area contributed by atoms with Gasteiger partial charge in [0.05, 0.1) is 11.0 Å². The van der Waals surface area contributed by atoms with Crippen molar-refractivity contribution in [3.63, 3.8) is 0 Å². The third-order valence-corrected chi connectivity index (χ3v) is 5.13. The zero-order valence-electron chi connectivity index (χ0n) is 20.6. The number of hydrogen-bond acceptors (Lipinski definition) is 4. The summed E-state index contributed by atoms with van der Waals surface area (Å²) in [6, 6.07) is 0. The van der Waals surface area contributed by atoms with E-state index in [1.54, 1.807) is 60.6 Å². The molecule has 4 rings (SSSR count). The molecule has 202 valence electrons. The Kier molecular flexibility index (Phi) is 9.29. The molecule has 0 N–H and O–H groups in total. The van der Waals surface area contributed by atoms with Crippen molar-refractivity contribution in [1.29, 1.82) is 0 Å². The summed E-state index contributed by atoms with van der Waals surface area (Å²) in [4.78, 5) is 47.0. The zero-order valence-corrected chi connectivity index (χ0v) is 22.8. The van der Waals surface area contributed by atoms with E-state index in [0.717, 1.165) is 9.13 Å². The van der Waals surface area contributed by atoms with E-state index in [1.807, 2.05) is 0 Å². The molecule has 4 heterocycles. The van der Waals surface area contributed by atoms with Gasteiger partial charge in [-0.25, -0.2) is 9.59 Å². The van der Waals surface area contributed by atoms with E-state index in [-0.39, 0.29) is 44.9 Å². The minimum Gasteiger partial charge on any atom is -0.418 e. The quantitative estimate of drug-likeness (QED) is 0.0892. The van der Waals surface area contributed by atoms with Gasteiger partial charge in [0.15, 0.2) is 0 Å². The van der Waals surface area contributed by atoms with Crippen molar-refractivity contribution in [3.8, 4) is 0 Å². The Labute approximate surface area is 216 Å². The standard InChI is InChI=1S/2C9H12N4O2.Au.BF4/c2*1-10-5-11(2)7-6(10)8(14)13(4)9(15)12(7)3;;2-1(3,4)5/h2*1-4H3;;/q;;+1;-1. The Morgan fingerprint density at radius 3 is 1.11 bits per heavy atom. The fraction of sp³-hybridized carbons (Fsp3) is 0.444. The van der Waals surface area contributed by atoms with E-state index < -0.39 is 7.25 Å². The summed E-state index contributed by atoms with van der Waals surface area (Å²) in [5, 5.41) is 0. The molecule has 12 nitrogen and oxygen atoms in total. The molecule has 0 aliphatic heterocycles. The van der Waals surface area contributed by atoms with Crippen LogP contribution in [0.5, 0.6) is 0 Å². The van der Waals surface area contributed by atoms with E-state index in [2.05, 4.69) is 12.7 Å². The molecule has 0 aliphatic carbocycles. The minimum atomic E-state index is -6.00. The first-order chi connectivity index (χ1) is 15.9. The zero-order chi connectivity index (χ0) is 27.2. The summed E-state index contributed by atoms with van der Waals surface area (Å²) in [5.41, 5.74) is 0.839. The maximum absolute atomic E-state index is 11.8. The summed E-state index contributed by atoms with van der Waals surface area (Å²) in [5.74, 6) is 0. The van der Waals surface area contributed by atoms with Gasteiger partial charge in [0.2, 0.25) is 11.1 Å². The van der Waals surface area contributed by atoms with Gasteiger partial charge in [-0.1, -0.05) is 0 Å². The van der Waals surface area contributed by atoms with Crippen LogP contribution in [0.2, 0.25) is 0 Å². The average Bonchev–Trinajstić information content (AvgIpc) is 3.20. The van der Waals surface area contributed by atoms with E-state index in [1.165, 1.54) is 23.2 Å². The second kappa shape index (κ2) is 10.8. The van der Waals surface area contributed by atoms with Crippen LogP contribution in [0, 0.1) is 12.7 Å². The smallest absolute Gasteiger partial charge is 0.418 e. The Morgan fingerprint density at radius 2 is 0.861 bits per heavy atom. The van der Waals surface area contributed by atoms with Gasteiger partial charge in [0.25, 0.3) is 0 Å². The van der Waals surface area contributed by atoms with Crippen molar-refractivity contribution in [2.75, 3.05) is 0 Å². The molecule has 0 bridgehead atoms. The Hall–Kier alpha value is -3.17. The largest absolute Gasteiger partial charge is 1.00 e. The molecule has 4 aromatic heterocycles. The summed E-state index contributed by atoms with van der Waals surface area (Å²) < 4.78 is 50.5. The van der Waals surface area contributed by atoms with Crippen LogP contribution in [-0.4, -0.2) is 34.7 Å². The van der Waals surface area contributed by atoms with Crippen molar-refractivity contribution in [2.45, 2.75) is 0 Å². The number of imidazole rings is 2. The van der Waals surface area contributed by atoms with Crippen LogP contribution < -0.4 is 31.6 Å². The van der Waals surface area contributed by atoms with Gasteiger partial charge in [0.1, 0.15) is 23.9 Å². The first-order valence-electron chi connectivity index (χ1n) is 9.84. The second-order valence-electron chi connectivity index (χ2n) is 7.69. The second-order valence-corrected chi connectivity index (χ2v) is 7.69. The minimum absolute atomic E-state index is 0. The van der Waals surface area contributed by atoms with Gasteiger partial charge >= 0.3 is 41.0 Å². The van der Waals surface area contributed by atoms with Crippen molar-refractivity contribution in [3.05, 3.63) is 54.3 Å². The Morgan fingerprint density at radius 1 is 0.611 bits per heavy atom. The molecule has 0 unspecified atom stereocenters. The van der Waals surface area contributed by atoms with Crippen molar-refractivity contribution >= 4 is 29.6 Å². The number of aromatic nitrogens is 8. The van der Waals surface area contributed by atoms with E-state index in [4.69, 9.17) is 0 Å². The van der Waals surface area contributed by atoms with Crippen LogP contribution in [0.25, 0.3) is 22.3 Å². The van der Waals surface area contributed by atoms with Crippen LogP contribution in [0.3, 0.4) is 0 Å². The van der Waals surface area contributed by atoms with Crippen molar-refractivity contribution in [2.24, 2.45) is 56.4 Å². The van der Waals surface area contributed by atoms with Crippen LogP contribution in [0.15, 0.2) is 19.2 Å². The molecule has 0 spiro atoms. The molecule has 0 aromatic carbocycles. The normalized spacial score (nSPS) is 11.0. The molecular formula is C18H24AuBF4N8O4. The average molecular weight is 700 g/mol. The maximum Gasteiger partial charge on any atom is 1.00 e. The first kappa shape index (κ1) is 30.9. The molecule has 18 heteroatoms. The molecule has 0 radical (unpaired) electrons. The number of rotatable bonds is 0. The predicted molar refractivity (Wildman–Crippen MR) is 117 cm³/mol. The Bertz CT molecular complexity index is 1550. The molecular weight excluding hydrogens is 676 g/mol. The van der Waals surface area contributed by atoms with Crippen LogP contribution in [-0.2, 0) is 78.8 Å². The molecule has 0 saturated carbocycles. The Balaban J connectivity index is 0.000000298. The van der Waals surface area contributed by atoms with Gasteiger partial charge in [-0.05, 0) is 0 Å². The number of halogens is 4. The summed E-state index contributed by atoms with van der Waals surface area (Å²) >= 11 is 0. The summed E-state index contributed by atoms with van der Waals surface area (Å²) in [7, 11) is 7.18. The van der Waals surface area contributed by atoms with E-state index in [0.29, 0.717) is 22.3 Å². The van der Waals surface area contributed by atoms with Crippen LogP contribution in [0.4, 0.5) is 17.3 Å². The summed E-state index contributed by atoms with van der Waals surface area (Å²) in [6.07, 6.45) is 5.82. The van der Waals surface area contributed by atoms with Crippen LogP contribution in [0.1, 0.15) is 0 Å². The fourth-order valence-electron chi connectivity index (χ4n) is 3.63. The third kappa shape index (κ3) is 5.79. The first-order valence-corrected chi connectivity index (χ1v) is 9.84. The molecule has 0 amide bonds. The van der Waals surface area contributed by atoms with Gasteiger partial charge in [0, 0.05) is 56.4 Å². The third-order valence-electron chi connectivity index (χ3n) is 5.13. The summed E-state index contributed by atoms with van der Waals surface area (Å²) in [6.45, 7) is 0. The number of aryl methyl sites for hydroxylation is 6. The fourth-order valence-corrected chi connectivity index (χ4v) is 3.63. The monoisotopic (exact) mass is 700 g/mol. The molecule has 36 heavy (non-hydrogen) atoms. The molecule has 0 fully saturated rings. The van der Waals surface area contributed by atoms with Gasteiger partial charge in [-0.15, -0.1) is 0 Å². The molecule has 0 aliphatic rings. The van der Waals surface area contributed by atoms with Crippen molar-refractivity contribution in [1.82, 2.24) is 27.4 Å². The number of hydrogen-bond donors (Lipinski definition) is 0.